The number of ether oxygens (including phenoxy) is 1. The van der Waals surface area contributed by atoms with E-state index in [1.54, 1.807) is 0 Å². The normalized spacial score (nSPS) is 25.7. The number of aliphatic imine (C=N–C) groups is 1. The van der Waals surface area contributed by atoms with Gasteiger partial charge >= 0.3 is 6.09 Å². The van der Waals surface area contributed by atoms with Crippen molar-refractivity contribution in [1.82, 2.24) is 15.1 Å². The molecule has 0 aliphatic carbocycles. The van der Waals surface area contributed by atoms with Gasteiger partial charge in [-0.25, -0.2) is 4.79 Å². The number of hydrogen-bond acceptors (Lipinski definition) is 3. The molecule has 0 bridgehead atoms. The van der Waals surface area contributed by atoms with Gasteiger partial charge in [-0.1, -0.05) is 6.92 Å². The Morgan fingerprint density at radius 3 is 2.48 bits per heavy atom. The van der Waals surface area contributed by atoms with Gasteiger partial charge in [-0.3, -0.25) is 4.99 Å². The molecule has 2 heterocycles. The number of amides is 1. The number of hydrogen-bond donors (Lipinski definition) is 1. The van der Waals surface area contributed by atoms with Crippen LogP contribution in [0.2, 0.25) is 0 Å². The molecular weight excluding hydrogens is 316 g/mol. The second kappa shape index (κ2) is 8.77. The topological polar surface area (TPSA) is 57.2 Å². The zero-order valence-electron chi connectivity index (χ0n) is 16.7. The number of nitrogens with one attached hydrogen (secondary N) is 1. The zero-order chi connectivity index (χ0) is 18.4. The number of likely N-dealkylation sites (tertiary alicyclic amines) is 2. The lowest BCUT2D eigenvalue weighted by Gasteiger charge is -2.36. The monoisotopic (exact) mass is 352 g/mol. The largest absolute Gasteiger partial charge is 0.444 e. The lowest BCUT2D eigenvalue weighted by Crippen LogP contribution is -2.49. The lowest BCUT2D eigenvalue weighted by molar-refractivity contribution is 0.0168. The van der Waals surface area contributed by atoms with Crippen LogP contribution in [-0.2, 0) is 4.74 Å². The van der Waals surface area contributed by atoms with E-state index in [0.717, 1.165) is 57.4 Å². The molecule has 2 atom stereocenters. The fraction of sp³-hybridized carbons (Fsp3) is 0.895. The SMILES string of the molecule is CN=C(NCC1CCCN(C(=O)OC(C)(C)C)C1)N1CCCC(C)C1. The van der Waals surface area contributed by atoms with Crippen LogP contribution >= 0.6 is 0 Å². The Kier molecular flexibility index (Phi) is 6.96. The van der Waals surface area contributed by atoms with Crippen LogP contribution < -0.4 is 5.32 Å². The van der Waals surface area contributed by atoms with Crippen molar-refractivity contribution in [2.45, 2.75) is 59.0 Å². The van der Waals surface area contributed by atoms with Gasteiger partial charge in [-0.05, 0) is 58.3 Å². The Hall–Kier alpha value is -1.46. The van der Waals surface area contributed by atoms with Gasteiger partial charge in [-0.15, -0.1) is 0 Å². The fourth-order valence-electron chi connectivity index (χ4n) is 3.67. The highest BCUT2D eigenvalue weighted by Gasteiger charge is 2.28. The molecule has 2 unspecified atom stereocenters. The predicted octanol–water partition coefficient (Wildman–Crippen LogP) is 2.94. The van der Waals surface area contributed by atoms with E-state index >= 15 is 0 Å². The molecule has 1 N–H and O–H groups in total. The van der Waals surface area contributed by atoms with Crippen LogP contribution in [0.25, 0.3) is 0 Å². The number of guanidine groups is 1. The molecular formula is C19H36N4O2. The maximum atomic E-state index is 12.3. The van der Waals surface area contributed by atoms with Crippen molar-refractivity contribution in [3.8, 4) is 0 Å². The first kappa shape index (κ1) is 19.9. The number of rotatable bonds is 2. The van der Waals surface area contributed by atoms with Crippen LogP contribution in [0.3, 0.4) is 0 Å². The molecule has 144 valence electrons. The van der Waals surface area contributed by atoms with Crippen molar-refractivity contribution in [3.63, 3.8) is 0 Å². The van der Waals surface area contributed by atoms with Gasteiger partial charge < -0.3 is 19.9 Å². The highest BCUT2D eigenvalue weighted by molar-refractivity contribution is 5.80. The van der Waals surface area contributed by atoms with Crippen LogP contribution in [0.5, 0.6) is 0 Å². The van der Waals surface area contributed by atoms with Crippen LogP contribution in [-0.4, -0.2) is 67.2 Å². The third-order valence-electron chi connectivity index (χ3n) is 4.89. The van der Waals surface area contributed by atoms with E-state index in [-0.39, 0.29) is 6.09 Å². The highest BCUT2D eigenvalue weighted by Crippen LogP contribution is 2.19. The van der Waals surface area contributed by atoms with Crippen molar-refractivity contribution in [2.75, 3.05) is 39.8 Å². The number of carbonyl (C=O) groups excluding carboxylic acids is 1. The Morgan fingerprint density at radius 2 is 1.84 bits per heavy atom. The molecule has 2 aliphatic heterocycles. The quantitative estimate of drug-likeness (QED) is 0.613. The van der Waals surface area contributed by atoms with Crippen LogP contribution in [0.1, 0.15) is 53.4 Å². The molecule has 0 aromatic heterocycles. The van der Waals surface area contributed by atoms with Crippen molar-refractivity contribution < 1.29 is 9.53 Å². The average molecular weight is 353 g/mol. The van der Waals surface area contributed by atoms with Gasteiger partial charge in [0.05, 0.1) is 0 Å². The molecule has 0 spiro atoms. The third kappa shape index (κ3) is 6.40. The minimum Gasteiger partial charge on any atom is -0.444 e. The maximum Gasteiger partial charge on any atom is 0.410 e. The molecule has 2 saturated heterocycles. The Bertz CT molecular complexity index is 473. The molecule has 0 aromatic rings. The summed E-state index contributed by atoms with van der Waals surface area (Å²) in [5.74, 6) is 2.17. The van der Waals surface area contributed by atoms with Gasteiger partial charge in [0.2, 0.25) is 0 Å². The standard InChI is InChI=1S/C19H36N4O2/c1-15-8-6-10-22(13-15)17(20-5)21-12-16-9-7-11-23(14-16)18(24)25-19(2,3)4/h15-16H,6-14H2,1-5H3,(H,20,21). The zero-order valence-corrected chi connectivity index (χ0v) is 16.7. The minimum absolute atomic E-state index is 0.188. The highest BCUT2D eigenvalue weighted by atomic mass is 16.6. The number of nitrogens with zero attached hydrogens (tertiary/aromatic N) is 3. The third-order valence-corrected chi connectivity index (χ3v) is 4.89. The first-order chi connectivity index (χ1) is 11.8. The van der Waals surface area contributed by atoms with Crippen LogP contribution in [0, 0.1) is 11.8 Å². The summed E-state index contributed by atoms with van der Waals surface area (Å²) in [6.07, 6.45) is 4.52. The summed E-state index contributed by atoms with van der Waals surface area (Å²) in [7, 11) is 1.86. The average Bonchev–Trinajstić information content (AvgIpc) is 2.54. The summed E-state index contributed by atoms with van der Waals surface area (Å²) in [4.78, 5) is 21.0. The van der Waals surface area contributed by atoms with Gasteiger partial charge in [0.15, 0.2) is 5.96 Å². The molecule has 2 fully saturated rings. The molecule has 25 heavy (non-hydrogen) atoms. The van der Waals surface area contributed by atoms with E-state index in [4.69, 9.17) is 4.74 Å². The summed E-state index contributed by atoms with van der Waals surface area (Å²) >= 11 is 0. The molecule has 0 saturated carbocycles. The number of carbonyl (C=O) groups is 1. The van der Waals surface area contributed by atoms with Crippen molar-refractivity contribution in [1.29, 1.82) is 0 Å². The van der Waals surface area contributed by atoms with E-state index in [1.807, 2.05) is 32.7 Å². The van der Waals surface area contributed by atoms with Crippen molar-refractivity contribution in [3.05, 3.63) is 0 Å². The van der Waals surface area contributed by atoms with Crippen LogP contribution in [0.4, 0.5) is 4.79 Å². The second-order valence-electron chi connectivity index (χ2n) is 8.56. The molecule has 0 aromatic carbocycles. The van der Waals surface area contributed by atoms with E-state index in [9.17, 15) is 4.79 Å². The van der Waals surface area contributed by atoms with E-state index in [0.29, 0.717) is 5.92 Å². The second-order valence-corrected chi connectivity index (χ2v) is 8.56. The Morgan fingerprint density at radius 1 is 1.16 bits per heavy atom. The molecule has 0 radical (unpaired) electrons. The Labute approximate surface area is 153 Å². The van der Waals surface area contributed by atoms with Gasteiger partial charge in [0, 0.05) is 39.8 Å². The molecule has 2 aliphatic rings. The minimum atomic E-state index is -0.435. The summed E-state index contributed by atoms with van der Waals surface area (Å²) in [6, 6.07) is 0. The Balaban J connectivity index is 1.82. The first-order valence-electron chi connectivity index (χ1n) is 9.72. The molecule has 6 heteroatoms. The number of piperidine rings is 2. The van der Waals surface area contributed by atoms with Crippen molar-refractivity contribution >= 4 is 12.1 Å². The summed E-state index contributed by atoms with van der Waals surface area (Å²) in [6.45, 7) is 12.6. The predicted molar refractivity (Wildman–Crippen MR) is 102 cm³/mol. The van der Waals surface area contributed by atoms with E-state index < -0.39 is 5.60 Å². The van der Waals surface area contributed by atoms with Gasteiger partial charge in [0.1, 0.15) is 5.60 Å². The summed E-state index contributed by atoms with van der Waals surface area (Å²) < 4.78 is 5.51. The molecule has 6 nitrogen and oxygen atoms in total. The van der Waals surface area contributed by atoms with Gasteiger partial charge in [0.25, 0.3) is 0 Å². The van der Waals surface area contributed by atoms with Gasteiger partial charge in [-0.2, -0.15) is 0 Å². The molecule has 2 rings (SSSR count). The fourth-order valence-corrected chi connectivity index (χ4v) is 3.67. The summed E-state index contributed by atoms with van der Waals surface area (Å²) in [5, 5.41) is 3.53. The smallest absolute Gasteiger partial charge is 0.410 e. The maximum absolute atomic E-state index is 12.3. The van der Waals surface area contributed by atoms with E-state index in [2.05, 4.69) is 22.1 Å². The lowest BCUT2D eigenvalue weighted by atomic mass is 9.98. The van der Waals surface area contributed by atoms with E-state index in [1.165, 1.54) is 12.8 Å². The molecule has 1 amide bonds. The van der Waals surface area contributed by atoms with Crippen molar-refractivity contribution in [2.24, 2.45) is 16.8 Å². The summed E-state index contributed by atoms with van der Waals surface area (Å²) in [5.41, 5.74) is -0.435. The first-order valence-corrected chi connectivity index (χ1v) is 9.72. The van der Waals surface area contributed by atoms with Crippen LogP contribution in [0.15, 0.2) is 4.99 Å².